The second kappa shape index (κ2) is 6.91. The van der Waals surface area contributed by atoms with Gasteiger partial charge in [0.2, 0.25) is 0 Å². The molecule has 0 N–H and O–H groups in total. The number of aryl methyl sites for hydroxylation is 1. The average molecular weight is 283 g/mol. The Morgan fingerprint density at radius 1 is 1.17 bits per heavy atom. The lowest BCUT2D eigenvalue weighted by Crippen LogP contribution is -2.03. The highest BCUT2D eigenvalue weighted by atomic mass is 35.5. The second-order valence-corrected chi connectivity index (χ2v) is 6.05. The van der Waals surface area contributed by atoms with Crippen molar-refractivity contribution in [1.82, 2.24) is 0 Å². The summed E-state index contributed by atoms with van der Waals surface area (Å²) in [5.41, 5.74) is 1.10. The fraction of sp³-hybridized carbons (Fsp3) is 0.333. The van der Waals surface area contributed by atoms with Crippen LogP contribution in [-0.4, -0.2) is 5.38 Å². The van der Waals surface area contributed by atoms with Gasteiger partial charge in [-0.05, 0) is 54.8 Å². The number of halogens is 2. The molecule has 0 amide bonds. The fourth-order valence-corrected chi connectivity index (χ4v) is 3.01. The maximum absolute atomic E-state index is 12.8. The van der Waals surface area contributed by atoms with Crippen molar-refractivity contribution in [3.05, 3.63) is 58.0 Å². The van der Waals surface area contributed by atoms with E-state index >= 15 is 0 Å². The number of alkyl halides is 1. The van der Waals surface area contributed by atoms with Gasteiger partial charge in [-0.3, -0.25) is 0 Å². The Morgan fingerprint density at radius 2 is 1.94 bits per heavy atom. The van der Waals surface area contributed by atoms with Gasteiger partial charge < -0.3 is 0 Å². The third kappa shape index (κ3) is 4.43. The molecule has 0 radical (unpaired) electrons. The van der Waals surface area contributed by atoms with E-state index in [2.05, 4.69) is 17.5 Å². The van der Waals surface area contributed by atoms with E-state index in [0.717, 1.165) is 31.2 Å². The lowest BCUT2D eigenvalue weighted by Gasteiger charge is -2.09. The molecule has 0 aliphatic carbocycles. The smallest absolute Gasteiger partial charge is 0.123 e. The van der Waals surface area contributed by atoms with Crippen LogP contribution in [0.25, 0.3) is 0 Å². The van der Waals surface area contributed by atoms with Gasteiger partial charge in [0.25, 0.3) is 0 Å². The van der Waals surface area contributed by atoms with Crippen LogP contribution in [0, 0.1) is 5.82 Å². The van der Waals surface area contributed by atoms with Crippen molar-refractivity contribution in [1.29, 1.82) is 0 Å². The molecule has 18 heavy (non-hydrogen) atoms. The zero-order valence-corrected chi connectivity index (χ0v) is 11.7. The number of hydrogen-bond acceptors (Lipinski definition) is 1. The van der Waals surface area contributed by atoms with Crippen LogP contribution in [0.5, 0.6) is 0 Å². The molecule has 0 bridgehead atoms. The quantitative estimate of drug-likeness (QED) is 0.650. The highest BCUT2D eigenvalue weighted by molar-refractivity contribution is 7.09. The Labute approximate surface area is 116 Å². The standard InChI is InChI=1S/C15H16ClFS/c16-13(3-1-4-15-5-2-10-18-15)11-12-6-8-14(17)9-7-12/h2,5-10,13H,1,3-4,11H2. The molecule has 0 aliphatic rings. The van der Waals surface area contributed by atoms with E-state index in [0.29, 0.717) is 0 Å². The van der Waals surface area contributed by atoms with Gasteiger partial charge in [0.05, 0.1) is 0 Å². The van der Waals surface area contributed by atoms with Gasteiger partial charge in [-0.2, -0.15) is 0 Å². The molecule has 1 aromatic heterocycles. The molecule has 0 saturated heterocycles. The summed E-state index contributed by atoms with van der Waals surface area (Å²) in [6, 6.07) is 10.8. The largest absolute Gasteiger partial charge is 0.207 e. The molecule has 0 saturated carbocycles. The van der Waals surface area contributed by atoms with Crippen molar-refractivity contribution < 1.29 is 4.39 Å². The van der Waals surface area contributed by atoms with Crippen LogP contribution in [0.1, 0.15) is 23.3 Å². The van der Waals surface area contributed by atoms with Crippen molar-refractivity contribution in [3.8, 4) is 0 Å². The first-order valence-corrected chi connectivity index (χ1v) is 7.46. The number of thiophene rings is 1. The molecule has 1 aromatic carbocycles. The first kappa shape index (κ1) is 13.6. The molecular weight excluding hydrogens is 267 g/mol. The highest BCUT2D eigenvalue weighted by Gasteiger charge is 2.06. The molecule has 0 spiro atoms. The molecule has 2 rings (SSSR count). The van der Waals surface area contributed by atoms with E-state index in [4.69, 9.17) is 11.6 Å². The van der Waals surface area contributed by atoms with Crippen LogP contribution >= 0.6 is 22.9 Å². The minimum absolute atomic E-state index is 0.135. The molecule has 0 fully saturated rings. The maximum atomic E-state index is 12.8. The minimum atomic E-state index is -0.192. The van der Waals surface area contributed by atoms with Gasteiger partial charge in [0.1, 0.15) is 5.82 Å². The van der Waals surface area contributed by atoms with Crippen LogP contribution in [0.15, 0.2) is 41.8 Å². The van der Waals surface area contributed by atoms with Gasteiger partial charge in [0, 0.05) is 10.3 Å². The van der Waals surface area contributed by atoms with E-state index in [9.17, 15) is 4.39 Å². The maximum Gasteiger partial charge on any atom is 0.123 e. The SMILES string of the molecule is Fc1ccc(CC(Cl)CCCc2cccs2)cc1. The molecule has 0 aliphatic heterocycles. The minimum Gasteiger partial charge on any atom is -0.207 e. The van der Waals surface area contributed by atoms with Gasteiger partial charge in [-0.1, -0.05) is 18.2 Å². The van der Waals surface area contributed by atoms with Gasteiger partial charge in [0.15, 0.2) is 0 Å². The summed E-state index contributed by atoms with van der Waals surface area (Å²) in [7, 11) is 0. The molecule has 0 nitrogen and oxygen atoms in total. The first-order chi connectivity index (χ1) is 8.74. The van der Waals surface area contributed by atoms with Gasteiger partial charge >= 0.3 is 0 Å². The van der Waals surface area contributed by atoms with Gasteiger partial charge in [-0.25, -0.2) is 4.39 Å². The monoisotopic (exact) mass is 282 g/mol. The predicted molar refractivity (Wildman–Crippen MR) is 77.0 cm³/mol. The normalized spacial score (nSPS) is 12.6. The molecule has 2 aromatic rings. The lowest BCUT2D eigenvalue weighted by molar-refractivity contribution is 0.626. The summed E-state index contributed by atoms with van der Waals surface area (Å²) in [5.74, 6) is -0.192. The van der Waals surface area contributed by atoms with E-state index in [1.54, 1.807) is 11.3 Å². The van der Waals surface area contributed by atoms with E-state index < -0.39 is 0 Å². The Kier molecular flexibility index (Phi) is 5.21. The summed E-state index contributed by atoms with van der Waals surface area (Å²) in [4.78, 5) is 1.42. The summed E-state index contributed by atoms with van der Waals surface area (Å²) >= 11 is 8.10. The van der Waals surface area contributed by atoms with Crippen LogP contribution < -0.4 is 0 Å². The third-order valence-electron chi connectivity index (χ3n) is 2.89. The molecule has 1 unspecified atom stereocenters. The second-order valence-electron chi connectivity index (χ2n) is 4.40. The van der Waals surface area contributed by atoms with Crippen molar-refractivity contribution in [2.75, 3.05) is 0 Å². The number of benzene rings is 1. The average Bonchev–Trinajstić information content (AvgIpc) is 2.85. The Bertz CT molecular complexity index is 450. The lowest BCUT2D eigenvalue weighted by atomic mass is 10.1. The molecule has 1 heterocycles. The summed E-state index contributed by atoms with van der Waals surface area (Å²) in [6.45, 7) is 0. The third-order valence-corrected chi connectivity index (χ3v) is 4.20. The Balaban J connectivity index is 1.71. The highest BCUT2D eigenvalue weighted by Crippen LogP contribution is 2.17. The van der Waals surface area contributed by atoms with Crippen LogP contribution in [0.2, 0.25) is 0 Å². The van der Waals surface area contributed by atoms with Gasteiger partial charge in [-0.15, -0.1) is 22.9 Å². The van der Waals surface area contributed by atoms with Crippen LogP contribution in [0.3, 0.4) is 0 Å². The summed E-state index contributed by atoms with van der Waals surface area (Å²) < 4.78 is 12.8. The summed E-state index contributed by atoms with van der Waals surface area (Å²) in [6.07, 6.45) is 4.02. The Hall–Kier alpha value is -0.860. The number of hydrogen-bond donors (Lipinski definition) is 0. The Morgan fingerprint density at radius 3 is 2.61 bits per heavy atom. The zero-order valence-electron chi connectivity index (χ0n) is 10.1. The predicted octanol–water partition coefficient (Wildman–Crippen LogP) is 5.06. The number of rotatable bonds is 6. The molecule has 1 atom stereocenters. The summed E-state index contributed by atoms with van der Waals surface area (Å²) in [5, 5.41) is 2.24. The van der Waals surface area contributed by atoms with Crippen LogP contribution in [-0.2, 0) is 12.8 Å². The van der Waals surface area contributed by atoms with Crippen molar-refractivity contribution in [2.45, 2.75) is 31.1 Å². The van der Waals surface area contributed by atoms with Crippen molar-refractivity contribution >= 4 is 22.9 Å². The molecular formula is C15H16ClFS. The molecule has 96 valence electrons. The topological polar surface area (TPSA) is 0 Å². The van der Waals surface area contributed by atoms with Crippen molar-refractivity contribution in [2.24, 2.45) is 0 Å². The fourth-order valence-electron chi connectivity index (χ4n) is 1.93. The van der Waals surface area contributed by atoms with Crippen LogP contribution in [0.4, 0.5) is 4.39 Å². The van der Waals surface area contributed by atoms with E-state index in [1.165, 1.54) is 17.0 Å². The first-order valence-electron chi connectivity index (χ1n) is 6.15. The van der Waals surface area contributed by atoms with Crippen molar-refractivity contribution in [3.63, 3.8) is 0 Å². The molecule has 3 heteroatoms. The zero-order chi connectivity index (χ0) is 12.8. The van der Waals surface area contributed by atoms with E-state index in [1.807, 2.05) is 12.1 Å². The van der Waals surface area contributed by atoms with E-state index in [-0.39, 0.29) is 11.2 Å².